The monoisotopic (exact) mass is 417 g/mol. The van der Waals surface area contributed by atoms with Gasteiger partial charge in [-0.05, 0) is 57.0 Å². The lowest BCUT2D eigenvalue weighted by Gasteiger charge is -2.31. The fraction of sp³-hybridized carbons (Fsp3) is 0.450. The first-order valence-electron chi connectivity index (χ1n) is 9.57. The number of aromatic nitrogens is 2. The van der Waals surface area contributed by atoms with Crippen LogP contribution >= 0.6 is 0 Å². The van der Waals surface area contributed by atoms with Crippen LogP contribution in [0.3, 0.4) is 0 Å². The number of benzene rings is 1. The molecule has 0 aliphatic carbocycles. The summed E-state index contributed by atoms with van der Waals surface area (Å²) < 4.78 is 25.4. The first-order chi connectivity index (χ1) is 13.7. The molecule has 2 aromatic rings. The van der Waals surface area contributed by atoms with Crippen LogP contribution in [-0.2, 0) is 14.8 Å². The van der Waals surface area contributed by atoms with Crippen molar-refractivity contribution in [3.63, 3.8) is 0 Å². The van der Waals surface area contributed by atoms with Gasteiger partial charge < -0.3 is 10.2 Å². The maximum atomic E-state index is 12.6. The summed E-state index contributed by atoms with van der Waals surface area (Å²) in [5.41, 5.74) is 2.46. The third-order valence-corrected chi connectivity index (χ3v) is 6.85. The van der Waals surface area contributed by atoms with Crippen LogP contribution in [-0.4, -0.2) is 55.8 Å². The summed E-state index contributed by atoms with van der Waals surface area (Å²) in [7, 11) is -0.505. The first kappa shape index (κ1) is 21.2. The van der Waals surface area contributed by atoms with Gasteiger partial charge in [0.25, 0.3) is 0 Å². The van der Waals surface area contributed by atoms with E-state index in [1.165, 1.54) is 26.2 Å². The molecule has 0 atom stereocenters. The van der Waals surface area contributed by atoms with Crippen molar-refractivity contribution in [3.8, 4) is 0 Å². The smallest absolute Gasteiger partial charge is 0.242 e. The zero-order chi connectivity index (χ0) is 21.2. The molecule has 0 bridgehead atoms. The molecule has 3 rings (SSSR count). The average molecular weight is 418 g/mol. The van der Waals surface area contributed by atoms with E-state index in [2.05, 4.69) is 20.2 Å². The molecule has 2 heterocycles. The fourth-order valence-electron chi connectivity index (χ4n) is 3.36. The van der Waals surface area contributed by atoms with E-state index < -0.39 is 10.0 Å². The zero-order valence-corrected chi connectivity index (χ0v) is 18.0. The molecule has 1 aliphatic rings. The number of anilines is 2. The van der Waals surface area contributed by atoms with Crippen LogP contribution in [0, 0.1) is 19.8 Å². The molecule has 0 radical (unpaired) electrons. The van der Waals surface area contributed by atoms with Crippen molar-refractivity contribution in [1.82, 2.24) is 14.3 Å². The molecule has 1 aromatic carbocycles. The highest BCUT2D eigenvalue weighted by Gasteiger charge is 2.26. The Morgan fingerprint density at radius 1 is 1.07 bits per heavy atom. The Morgan fingerprint density at radius 3 is 2.14 bits per heavy atom. The van der Waals surface area contributed by atoms with Crippen LogP contribution in [0.2, 0.25) is 0 Å². The highest BCUT2D eigenvalue weighted by atomic mass is 32.2. The van der Waals surface area contributed by atoms with Crippen molar-refractivity contribution in [3.05, 3.63) is 41.7 Å². The SMILES string of the molecule is Cc1cc(C)nc(N2CCC(C(=O)Nc3ccc(S(=O)(=O)N(C)C)cc3)CC2)n1. The molecular formula is C20H27N5O3S. The van der Waals surface area contributed by atoms with E-state index in [0.717, 1.165) is 47.6 Å². The van der Waals surface area contributed by atoms with E-state index in [-0.39, 0.29) is 16.7 Å². The number of carbonyl (C=O) groups is 1. The molecule has 29 heavy (non-hydrogen) atoms. The fourth-order valence-corrected chi connectivity index (χ4v) is 4.26. The Morgan fingerprint density at radius 2 is 1.62 bits per heavy atom. The maximum Gasteiger partial charge on any atom is 0.242 e. The summed E-state index contributed by atoms with van der Waals surface area (Å²) in [6, 6.07) is 8.19. The molecule has 1 amide bonds. The molecular weight excluding hydrogens is 390 g/mol. The molecule has 156 valence electrons. The molecule has 9 heteroatoms. The highest BCUT2D eigenvalue weighted by Crippen LogP contribution is 2.23. The van der Waals surface area contributed by atoms with Crippen molar-refractivity contribution in [2.24, 2.45) is 5.92 Å². The van der Waals surface area contributed by atoms with E-state index in [1.807, 2.05) is 19.9 Å². The Balaban J connectivity index is 1.58. The van der Waals surface area contributed by atoms with Crippen LogP contribution in [0.4, 0.5) is 11.6 Å². The van der Waals surface area contributed by atoms with Gasteiger partial charge in [0.2, 0.25) is 21.9 Å². The maximum absolute atomic E-state index is 12.6. The van der Waals surface area contributed by atoms with Crippen molar-refractivity contribution >= 4 is 27.6 Å². The quantitative estimate of drug-likeness (QED) is 0.801. The van der Waals surface area contributed by atoms with Gasteiger partial charge in [-0.1, -0.05) is 0 Å². The molecule has 8 nitrogen and oxygen atoms in total. The van der Waals surface area contributed by atoms with Gasteiger partial charge in [-0.15, -0.1) is 0 Å². The average Bonchev–Trinajstić information content (AvgIpc) is 2.67. The Bertz CT molecular complexity index is 961. The number of carbonyl (C=O) groups excluding carboxylic acids is 1. The number of sulfonamides is 1. The van der Waals surface area contributed by atoms with E-state index in [0.29, 0.717) is 5.69 Å². The third-order valence-electron chi connectivity index (χ3n) is 5.02. The van der Waals surface area contributed by atoms with Crippen molar-refractivity contribution in [1.29, 1.82) is 0 Å². The molecule has 1 saturated heterocycles. The van der Waals surface area contributed by atoms with Gasteiger partial charge >= 0.3 is 0 Å². The Hall–Kier alpha value is -2.52. The lowest BCUT2D eigenvalue weighted by molar-refractivity contribution is -0.120. The summed E-state index contributed by atoms with van der Waals surface area (Å²) in [6.07, 6.45) is 1.44. The summed E-state index contributed by atoms with van der Waals surface area (Å²) in [6.45, 7) is 5.35. The van der Waals surface area contributed by atoms with Crippen molar-refractivity contribution in [2.45, 2.75) is 31.6 Å². The van der Waals surface area contributed by atoms with Gasteiger partial charge in [0, 0.05) is 50.2 Å². The van der Waals surface area contributed by atoms with E-state index in [9.17, 15) is 13.2 Å². The van der Waals surface area contributed by atoms with Crippen LogP contribution in [0.5, 0.6) is 0 Å². The number of nitrogens with one attached hydrogen (secondary N) is 1. The predicted octanol–water partition coefficient (Wildman–Crippen LogP) is 2.20. The van der Waals surface area contributed by atoms with Gasteiger partial charge in [-0.25, -0.2) is 22.7 Å². The molecule has 1 aromatic heterocycles. The van der Waals surface area contributed by atoms with Gasteiger partial charge in [0.05, 0.1) is 4.90 Å². The number of hydrogen-bond donors (Lipinski definition) is 1. The number of hydrogen-bond acceptors (Lipinski definition) is 6. The zero-order valence-electron chi connectivity index (χ0n) is 17.2. The second kappa shape index (κ2) is 8.46. The van der Waals surface area contributed by atoms with Crippen LogP contribution in [0.25, 0.3) is 0 Å². The van der Waals surface area contributed by atoms with Gasteiger partial charge in [-0.3, -0.25) is 4.79 Å². The second-order valence-electron chi connectivity index (χ2n) is 7.51. The molecule has 1 aliphatic heterocycles. The van der Waals surface area contributed by atoms with Gasteiger partial charge in [0.15, 0.2) is 0 Å². The van der Waals surface area contributed by atoms with Crippen molar-refractivity contribution < 1.29 is 13.2 Å². The number of aryl methyl sites for hydroxylation is 2. The number of rotatable bonds is 5. The summed E-state index contributed by atoms with van der Waals surface area (Å²) >= 11 is 0. The molecule has 0 saturated carbocycles. The van der Waals surface area contributed by atoms with E-state index in [1.54, 1.807) is 12.1 Å². The highest BCUT2D eigenvalue weighted by molar-refractivity contribution is 7.89. The number of amides is 1. The summed E-state index contributed by atoms with van der Waals surface area (Å²) in [4.78, 5) is 23.9. The van der Waals surface area contributed by atoms with Crippen LogP contribution < -0.4 is 10.2 Å². The van der Waals surface area contributed by atoms with Crippen LogP contribution in [0.15, 0.2) is 35.2 Å². The molecule has 0 unspecified atom stereocenters. The Kier molecular flexibility index (Phi) is 6.18. The normalized spacial score (nSPS) is 15.6. The summed E-state index contributed by atoms with van der Waals surface area (Å²) in [5.74, 6) is 0.579. The minimum Gasteiger partial charge on any atom is -0.341 e. The van der Waals surface area contributed by atoms with Gasteiger partial charge in [0.1, 0.15) is 0 Å². The Labute approximate surface area is 172 Å². The molecule has 0 spiro atoms. The lowest BCUT2D eigenvalue weighted by atomic mass is 9.96. The van der Waals surface area contributed by atoms with E-state index in [4.69, 9.17) is 0 Å². The summed E-state index contributed by atoms with van der Waals surface area (Å²) in [5, 5.41) is 2.90. The van der Waals surface area contributed by atoms with Gasteiger partial charge in [-0.2, -0.15) is 0 Å². The minimum atomic E-state index is -3.48. The first-order valence-corrected chi connectivity index (χ1v) is 11.0. The van der Waals surface area contributed by atoms with Crippen LogP contribution in [0.1, 0.15) is 24.2 Å². The van der Waals surface area contributed by atoms with Crippen molar-refractivity contribution in [2.75, 3.05) is 37.4 Å². The topological polar surface area (TPSA) is 95.5 Å². The van der Waals surface area contributed by atoms with E-state index >= 15 is 0 Å². The number of piperidine rings is 1. The predicted molar refractivity (Wildman–Crippen MR) is 112 cm³/mol. The lowest BCUT2D eigenvalue weighted by Crippen LogP contribution is -2.39. The number of nitrogens with zero attached hydrogens (tertiary/aromatic N) is 4. The minimum absolute atomic E-state index is 0.0470. The standard InChI is InChI=1S/C20H27N5O3S/c1-14-13-15(2)22-20(21-14)25-11-9-16(10-12-25)19(26)23-17-5-7-18(8-6-17)29(27,28)24(3)4/h5-8,13,16H,9-12H2,1-4H3,(H,23,26). The molecule has 1 N–H and O–H groups in total. The largest absolute Gasteiger partial charge is 0.341 e. The second-order valence-corrected chi connectivity index (χ2v) is 9.66. The molecule has 1 fully saturated rings. The third kappa shape index (κ3) is 4.91.